The largest absolute Gasteiger partial charge is 0.492 e. The fourth-order valence-electron chi connectivity index (χ4n) is 2.36. The molecule has 130 valence electrons. The summed E-state index contributed by atoms with van der Waals surface area (Å²) >= 11 is 1.37. The molecule has 2 N–H and O–H groups in total. The Bertz CT molecular complexity index is 663. The van der Waals surface area contributed by atoms with Gasteiger partial charge >= 0.3 is 5.97 Å². The second-order valence-electron chi connectivity index (χ2n) is 5.28. The Morgan fingerprint density at radius 1 is 1.21 bits per heavy atom. The van der Waals surface area contributed by atoms with Gasteiger partial charge in [-0.2, -0.15) is 0 Å². The first-order valence-corrected chi connectivity index (χ1v) is 8.83. The zero-order chi connectivity index (χ0) is 17.5. The van der Waals surface area contributed by atoms with Crippen molar-refractivity contribution in [2.45, 2.75) is 13.8 Å². The predicted octanol–water partition coefficient (Wildman–Crippen LogP) is 3.50. The van der Waals surface area contributed by atoms with Crippen molar-refractivity contribution in [1.82, 2.24) is 4.90 Å². The van der Waals surface area contributed by atoms with Gasteiger partial charge in [-0.15, -0.1) is 11.3 Å². The number of ether oxygens (including phenoxy) is 2. The fourth-order valence-corrected chi connectivity index (χ4v) is 3.28. The number of carbonyl (C=O) groups excluding carboxylic acids is 1. The van der Waals surface area contributed by atoms with Gasteiger partial charge in [-0.05, 0) is 49.0 Å². The Morgan fingerprint density at radius 2 is 1.88 bits per heavy atom. The molecule has 24 heavy (non-hydrogen) atoms. The lowest BCUT2D eigenvalue weighted by atomic mass is 10.1. The molecule has 0 saturated carbocycles. The molecule has 2 aromatic rings. The zero-order valence-corrected chi connectivity index (χ0v) is 15.2. The van der Waals surface area contributed by atoms with E-state index in [-0.39, 0.29) is 0 Å². The highest BCUT2D eigenvalue weighted by Gasteiger charge is 2.15. The van der Waals surface area contributed by atoms with Crippen molar-refractivity contribution in [3.63, 3.8) is 0 Å². The Hall–Kier alpha value is -2.05. The third-order valence-corrected chi connectivity index (χ3v) is 4.89. The highest BCUT2D eigenvalue weighted by molar-refractivity contribution is 7.19. The minimum absolute atomic E-state index is 0.411. The third-order valence-electron chi connectivity index (χ3n) is 3.88. The van der Waals surface area contributed by atoms with Gasteiger partial charge in [-0.3, -0.25) is 0 Å². The number of rotatable bonds is 8. The summed E-state index contributed by atoms with van der Waals surface area (Å²) in [6.45, 7) is 7.93. The number of thiophene rings is 1. The van der Waals surface area contributed by atoms with Gasteiger partial charge in [0.2, 0.25) is 0 Å². The maximum atomic E-state index is 11.6. The Balaban J connectivity index is 2.00. The standard InChI is InChI=1S/C18H24N2O3S/c1-4-20(5-2)10-11-23-14-8-6-13(7-9-14)16-12-15(17(19)24-16)18(21)22-3/h6-9,12H,4-5,10-11,19H2,1-3H3. The summed E-state index contributed by atoms with van der Waals surface area (Å²) < 4.78 is 10.5. The van der Waals surface area contributed by atoms with E-state index in [1.165, 1.54) is 18.4 Å². The second-order valence-corrected chi connectivity index (χ2v) is 6.36. The van der Waals surface area contributed by atoms with Crippen LogP contribution in [-0.2, 0) is 4.74 Å². The molecule has 0 fully saturated rings. The molecule has 0 radical (unpaired) electrons. The molecule has 0 aliphatic carbocycles. The monoisotopic (exact) mass is 348 g/mol. The van der Waals surface area contributed by atoms with Crippen LogP contribution in [0.2, 0.25) is 0 Å². The van der Waals surface area contributed by atoms with E-state index in [0.29, 0.717) is 17.2 Å². The van der Waals surface area contributed by atoms with Crippen LogP contribution in [0.15, 0.2) is 30.3 Å². The Morgan fingerprint density at radius 3 is 2.46 bits per heavy atom. The van der Waals surface area contributed by atoms with E-state index in [2.05, 4.69) is 18.7 Å². The van der Waals surface area contributed by atoms with Crippen molar-refractivity contribution in [3.8, 4) is 16.2 Å². The number of carbonyl (C=O) groups is 1. The quantitative estimate of drug-likeness (QED) is 0.740. The molecule has 1 aromatic carbocycles. The Labute approximate surface area is 147 Å². The van der Waals surface area contributed by atoms with E-state index in [0.717, 1.165) is 35.8 Å². The summed E-state index contributed by atoms with van der Waals surface area (Å²) in [7, 11) is 1.35. The maximum absolute atomic E-state index is 11.6. The summed E-state index contributed by atoms with van der Waals surface area (Å²) in [5.74, 6) is 0.426. The van der Waals surface area contributed by atoms with Crippen LogP contribution in [0.5, 0.6) is 5.75 Å². The topological polar surface area (TPSA) is 64.8 Å². The number of nitrogens with zero attached hydrogens (tertiary/aromatic N) is 1. The van der Waals surface area contributed by atoms with Crippen LogP contribution in [0.3, 0.4) is 0 Å². The van der Waals surface area contributed by atoms with E-state index < -0.39 is 5.97 Å². The van der Waals surface area contributed by atoms with Crippen molar-refractivity contribution in [1.29, 1.82) is 0 Å². The van der Waals surface area contributed by atoms with Gasteiger partial charge in [0.15, 0.2) is 0 Å². The van der Waals surface area contributed by atoms with Gasteiger partial charge in [0.25, 0.3) is 0 Å². The predicted molar refractivity (Wildman–Crippen MR) is 98.8 cm³/mol. The molecule has 1 heterocycles. The van der Waals surface area contributed by atoms with E-state index in [1.54, 1.807) is 6.07 Å². The van der Waals surface area contributed by atoms with Crippen LogP contribution in [0.4, 0.5) is 5.00 Å². The molecule has 0 bridgehead atoms. The van der Waals surface area contributed by atoms with Gasteiger partial charge in [-0.1, -0.05) is 13.8 Å². The molecule has 0 aliphatic heterocycles. The molecule has 0 atom stereocenters. The van der Waals surface area contributed by atoms with Crippen LogP contribution in [0.25, 0.3) is 10.4 Å². The summed E-state index contributed by atoms with van der Waals surface area (Å²) in [6.07, 6.45) is 0. The summed E-state index contributed by atoms with van der Waals surface area (Å²) in [6, 6.07) is 9.58. The summed E-state index contributed by atoms with van der Waals surface area (Å²) in [5, 5.41) is 0.469. The minimum atomic E-state index is -0.411. The molecular weight excluding hydrogens is 324 g/mol. The van der Waals surface area contributed by atoms with E-state index in [9.17, 15) is 4.79 Å². The van der Waals surface area contributed by atoms with Crippen LogP contribution < -0.4 is 10.5 Å². The number of anilines is 1. The lowest BCUT2D eigenvalue weighted by Gasteiger charge is -2.18. The highest BCUT2D eigenvalue weighted by atomic mass is 32.1. The Kier molecular flexibility index (Phi) is 6.63. The first-order valence-electron chi connectivity index (χ1n) is 8.02. The van der Waals surface area contributed by atoms with Gasteiger partial charge in [-0.25, -0.2) is 4.79 Å². The fraction of sp³-hybridized carbons (Fsp3) is 0.389. The molecule has 1 aromatic heterocycles. The number of likely N-dealkylation sites (N-methyl/N-ethyl adjacent to an activating group) is 1. The molecule has 0 unspecified atom stereocenters. The lowest BCUT2D eigenvalue weighted by molar-refractivity contribution is 0.0602. The van der Waals surface area contributed by atoms with E-state index >= 15 is 0 Å². The normalized spacial score (nSPS) is 10.8. The first kappa shape index (κ1) is 18.3. The zero-order valence-electron chi connectivity index (χ0n) is 14.4. The number of nitrogens with two attached hydrogens (primary N) is 1. The van der Waals surface area contributed by atoms with Crippen LogP contribution in [-0.4, -0.2) is 44.2 Å². The number of esters is 1. The SMILES string of the molecule is CCN(CC)CCOc1ccc(-c2cc(C(=O)OC)c(N)s2)cc1. The smallest absolute Gasteiger partial charge is 0.340 e. The van der Waals surface area contributed by atoms with Crippen LogP contribution in [0.1, 0.15) is 24.2 Å². The second kappa shape index (κ2) is 8.70. The minimum Gasteiger partial charge on any atom is -0.492 e. The van der Waals surface area contributed by atoms with Crippen molar-refractivity contribution in [2.24, 2.45) is 0 Å². The van der Waals surface area contributed by atoms with Crippen molar-refractivity contribution in [3.05, 3.63) is 35.9 Å². The number of benzene rings is 1. The molecule has 0 amide bonds. The van der Waals surface area contributed by atoms with E-state index in [1.807, 2.05) is 24.3 Å². The lowest BCUT2D eigenvalue weighted by Crippen LogP contribution is -2.27. The van der Waals surface area contributed by atoms with Gasteiger partial charge in [0.05, 0.1) is 12.7 Å². The van der Waals surface area contributed by atoms with E-state index in [4.69, 9.17) is 15.2 Å². The molecule has 2 rings (SSSR count). The molecule has 0 saturated heterocycles. The average Bonchev–Trinajstić information content (AvgIpc) is 3.00. The number of hydrogen-bond acceptors (Lipinski definition) is 6. The highest BCUT2D eigenvalue weighted by Crippen LogP contribution is 2.34. The third kappa shape index (κ3) is 4.49. The number of nitrogen functional groups attached to an aromatic ring is 1. The first-order chi connectivity index (χ1) is 11.6. The molecule has 0 spiro atoms. The van der Waals surface area contributed by atoms with Gasteiger partial charge in [0.1, 0.15) is 17.4 Å². The molecule has 5 nitrogen and oxygen atoms in total. The van der Waals surface area contributed by atoms with Crippen molar-refractivity contribution >= 4 is 22.3 Å². The maximum Gasteiger partial charge on any atom is 0.340 e. The number of hydrogen-bond donors (Lipinski definition) is 1. The molecular formula is C18H24N2O3S. The van der Waals surface area contributed by atoms with Crippen LogP contribution >= 0.6 is 11.3 Å². The summed E-state index contributed by atoms with van der Waals surface area (Å²) in [5.41, 5.74) is 7.31. The van der Waals surface area contributed by atoms with Crippen molar-refractivity contribution < 1.29 is 14.3 Å². The average molecular weight is 348 g/mol. The number of methoxy groups -OCH3 is 1. The van der Waals surface area contributed by atoms with Crippen molar-refractivity contribution in [2.75, 3.05) is 39.1 Å². The summed E-state index contributed by atoms with van der Waals surface area (Å²) in [4.78, 5) is 14.9. The van der Waals surface area contributed by atoms with Crippen LogP contribution in [0, 0.1) is 0 Å². The van der Waals surface area contributed by atoms with Gasteiger partial charge in [0, 0.05) is 11.4 Å². The molecule has 0 aliphatic rings. The molecule has 6 heteroatoms. The van der Waals surface area contributed by atoms with Gasteiger partial charge < -0.3 is 20.1 Å².